The highest BCUT2D eigenvalue weighted by atomic mass is 32.2. The minimum Gasteiger partial charge on any atom is -0.478 e. The van der Waals surface area contributed by atoms with Gasteiger partial charge in [-0.05, 0) is 18.2 Å². The molecule has 1 aromatic carbocycles. The van der Waals surface area contributed by atoms with Crippen molar-refractivity contribution in [2.24, 2.45) is 5.73 Å². The molecule has 0 atom stereocenters. The second-order valence-corrected chi connectivity index (χ2v) is 7.69. The number of hydrogen-bond donors (Lipinski definition) is 4. The summed E-state index contributed by atoms with van der Waals surface area (Å²) < 4.78 is 26.0. The van der Waals surface area contributed by atoms with Gasteiger partial charge in [0, 0.05) is 29.5 Å². The zero-order valence-electron chi connectivity index (χ0n) is 13.4. The van der Waals surface area contributed by atoms with Gasteiger partial charge in [-0.1, -0.05) is 0 Å². The topological polar surface area (TPSA) is 166 Å². The number of amides is 1. The van der Waals surface area contributed by atoms with Crippen LogP contribution in [0.3, 0.4) is 0 Å². The number of primary amides is 1. The average Bonchev–Trinajstić information content (AvgIpc) is 3.00. The van der Waals surface area contributed by atoms with Crippen LogP contribution in [0.5, 0.6) is 0 Å². The van der Waals surface area contributed by atoms with Crippen molar-refractivity contribution in [3.05, 3.63) is 40.3 Å². The number of nitrogens with one attached hydrogen (secondary N) is 2. The third-order valence-corrected chi connectivity index (χ3v) is 5.73. The van der Waals surface area contributed by atoms with Crippen LogP contribution in [0.15, 0.2) is 34.1 Å². The standard InChI is InChI=1S/C15H14N4O6S/c1-19(6-11(16)20)26(24,25)7-2-3-10-8(4-7)12-9(15(22)23)5-17-13(12)14(21)18-10/h2-5,17H,6H2,1H3,(H2,16,20)(H,18,21)(H,22,23). The Kier molecular flexibility index (Phi) is 4.05. The number of H-pyrrole nitrogens is 2. The van der Waals surface area contributed by atoms with E-state index in [9.17, 15) is 27.9 Å². The summed E-state index contributed by atoms with van der Waals surface area (Å²) in [5.41, 5.74) is 4.65. The Labute approximate surface area is 146 Å². The predicted molar refractivity (Wildman–Crippen MR) is 92.4 cm³/mol. The number of carbonyl (C=O) groups is 2. The highest BCUT2D eigenvalue weighted by Gasteiger charge is 2.24. The third-order valence-electron chi connectivity index (χ3n) is 3.93. The molecule has 0 radical (unpaired) electrons. The number of benzene rings is 1. The van der Waals surface area contributed by atoms with E-state index in [0.717, 1.165) is 4.31 Å². The molecule has 1 amide bonds. The normalized spacial score (nSPS) is 12.1. The molecule has 0 spiro atoms. The summed E-state index contributed by atoms with van der Waals surface area (Å²) in [6, 6.07) is 3.87. The molecule has 0 aliphatic rings. The number of aromatic nitrogens is 2. The summed E-state index contributed by atoms with van der Waals surface area (Å²) in [5.74, 6) is -2.08. The van der Waals surface area contributed by atoms with Gasteiger partial charge in [-0.25, -0.2) is 13.2 Å². The maximum absolute atomic E-state index is 12.6. The van der Waals surface area contributed by atoms with Gasteiger partial charge in [-0.2, -0.15) is 4.31 Å². The quantitative estimate of drug-likeness (QED) is 0.480. The molecule has 0 aliphatic carbocycles. The zero-order valence-corrected chi connectivity index (χ0v) is 14.3. The van der Waals surface area contributed by atoms with Crippen LogP contribution in [0.4, 0.5) is 0 Å². The van der Waals surface area contributed by atoms with E-state index in [0.29, 0.717) is 0 Å². The van der Waals surface area contributed by atoms with E-state index in [1.807, 2.05) is 0 Å². The Bertz CT molecular complexity index is 1220. The number of nitrogens with two attached hydrogens (primary N) is 1. The molecule has 10 nitrogen and oxygen atoms in total. The number of pyridine rings is 1. The number of carboxylic acid groups (broad SMARTS) is 1. The first-order chi connectivity index (χ1) is 12.1. The maximum atomic E-state index is 12.6. The molecule has 2 aromatic heterocycles. The minimum absolute atomic E-state index is 0.0231. The summed E-state index contributed by atoms with van der Waals surface area (Å²) in [5, 5.41) is 9.67. The highest BCUT2D eigenvalue weighted by molar-refractivity contribution is 7.89. The molecule has 0 fully saturated rings. The van der Waals surface area contributed by atoms with Gasteiger partial charge < -0.3 is 20.8 Å². The predicted octanol–water partition coefficient (Wildman–Crippen LogP) is -0.187. The van der Waals surface area contributed by atoms with Gasteiger partial charge in [-0.3, -0.25) is 9.59 Å². The molecule has 11 heteroatoms. The molecule has 136 valence electrons. The monoisotopic (exact) mass is 378 g/mol. The Morgan fingerprint density at radius 3 is 2.62 bits per heavy atom. The Morgan fingerprint density at radius 2 is 2.00 bits per heavy atom. The lowest BCUT2D eigenvalue weighted by Gasteiger charge is -2.15. The molecule has 5 N–H and O–H groups in total. The summed E-state index contributed by atoms with van der Waals surface area (Å²) >= 11 is 0. The molecule has 2 heterocycles. The van der Waals surface area contributed by atoms with Gasteiger partial charge in [0.25, 0.3) is 5.56 Å². The number of aromatic amines is 2. The lowest BCUT2D eigenvalue weighted by atomic mass is 10.1. The number of hydrogen-bond acceptors (Lipinski definition) is 5. The largest absolute Gasteiger partial charge is 0.478 e. The third kappa shape index (κ3) is 2.72. The number of aromatic carboxylic acids is 1. The van der Waals surface area contributed by atoms with E-state index < -0.39 is 34.0 Å². The van der Waals surface area contributed by atoms with Crippen molar-refractivity contribution in [2.45, 2.75) is 4.90 Å². The number of rotatable bonds is 5. The van der Waals surface area contributed by atoms with E-state index in [2.05, 4.69) is 9.97 Å². The van der Waals surface area contributed by atoms with Gasteiger partial charge >= 0.3 is 5.97 Å². The van der Waals surface area contributed by atoms with Crippen LogP contribution in [0.1, 0.15) is 10.4 Å². The van der Waals surface area contributed by atoms with Crippen LogP contribution in [-0.4, -0.2) is 53.3 Å². The van der Waals surface area contributed by atoms with Crippen molar-refractivity contribution in [2.75, 3.05) is 13.6 Å². The molecular weight excluding hydrogens is 364 g/mol. The molecule has 3 rings (SSSR count). The van der Waals surface area contributed by atoms with Crippen molar-refractivity contribution < 1.29 is 23.1 Å². The minimum atomic E-state index is -4.04. The summed E-state index contributed by atoms with van der Waals surface area (Å²) in [7, 11) is -2.84. The van der Waals surface area contributed by atoms with Crippen molar-refractivity contribution >= 4 is 43.7 Å². The fourth-order valence-corrected chi connectivity index (χ4v) is 3.88. The maximum Gasteiger partial charge on any atom is 0.337 e. The van der Waals surface area contributed by atoms with E-state index in [1.165, 1.54) is 31.4 Å². The number of sulfonamides is 1. The molecule has 0 bridgehead atoms. The highest BCUT2D eigenvalue weighted by Crippen LogP contribution is 2.27. The van der Waals surface area contributed by atoms with Gasteiger partial charge in [0.2, 0.25) is 15.9 Å². The number of carboxylic acids is 1. The Balaban J connectivity index is 2.32. The number of nitrogens with zero attached hydrogens (tertiary/aromatic N) is 1. The fourth-order valence-electron chi connectivity index (χ4n) is 2.72. The van der Waals surface area contributed by atoms with Gasteiger partial charge in [-0.15, -0.1) is 0 Å². The number of carbonyl (C=O) groups excluding carboxylic acids is 1. The van der Waals surface area contributed by atoms with E-state index in [1.54, 1.807) is 0 Å². The fraction of sp³-hybridized carbons (Fsp3) is 0.133. The molecule has 26 heavy (non-hydrogen) atoms. The van der Waals surface area contributed by atoms with Crippen LogP contribution < -0.4 is 11.3 Å². The van der Waals surface area contributed by atoms with Crippen LogP contribution in [0.2, 0.25) is 0 Å². The molecule has 0 saturated heterocycles. The van der Waals surface area contributed by atoms with E-state index in [-0.39, 0.29) is 32.3 Å². The second-order valence-electron chi connectivity index (χ2n) is 5.65. The first kappa shape index (κ1) is 17.6. The lowest BCUT2D eigenvalue weighted by molar-refractivity contribution is -0.118. The van der Waals surface area contributed by atoms with Crippen LogP contribution >= 0.6 is 0 Å². The van der Waals surface area contributed by atoms with Crippen molar-refractivity contribution in [1.82, 2.24) is 14.3 Å². The first-order valence-electron chi connectivity index (χ1n) is 7.28. The number of fused-ring (bicyclic) bond motifs is 3. The first-order valence-corrected chi connectivity index (χ1v) is 8.72. The summed E-state index contributed by atoms with van der Waals surface area (Å²) in [4.78, 5) is 39.5. The Hall–Kier alpha value is -3.18. The van der Waals surface area contributed by atoms with Crippen molar-refractivity contribution in [1.29, 1.82) is 0 Å². The van der Waals surface area contributed by atoms with Crippen LogP contribution in [0, 0.1) is 0 Å². The van der Waals surface area contributed by atoms with Crippen molar-refractivity contribution in [3.8, 4) is 0 Å². The van der Waals surface area contributed by atoms with Gasteiger partial charge in [0.1, 0.15) is 5.52 Å². The average molecular weight is 378 g/mol. The van der Waals surface area contributed by atoms with Crippen molar-refractivity contribution in [3.63, 3.8) is 0 Å². The molecular formula is C15H14N4O6S. The second kappa shape index (κ2) is 5.97. The molecule has 0 unspecified atom stereocenters. The van der Waals surface area contributed by atoms with Crippen LogP contribution in [0.25, 0.3) is 21.8 Å². The smallest absolute Gasteiger partial charge is 0.337 e. The molecule has 0 saturated carbocycles. The molecule has 0 aliphatic heterocycles. The van der Waals surface area contributed by atoms with Gasteiger partial charge in [0.05, 0.1) is 17.0 Å². The van der Waals surface area contributed by atoms with E-state index in [4.69, 9.17) is 5.73 Å². The van der Waals surface area contributed by atoms with E-state index >= 15 is 0 Å². The lowest BCUT2D eigenvalue weighted by Crippen LogP contribution is -2.35. The summed E-state index contributed by atoms with van der Waals surface area (Å²) in [6.45, 7) is -0.508. The zero-order chi connectivity index (χ0) is 19.2. The SMILES string of the molecule is CN(CC(N)=O)S(=O)(=O)c1ccc2[nH]c(=O)c3[nH]cc(C(=O)O)c3c2c1. The van der Waals surface area contributed by atoms with Crippen LogP contribution in [-0.2, 0) is 14.8 Å². The summed E-state index contributed by atoms with van der Waals surface area (Å²) in [6.07, 6.45) is 1.17. The van der Waals surface area contributed by atoms with Gasteiger partial charge in [0.15, 0.2) is 0 Å². The number of likely N-dealkylation sites (N-methyl/N-ethyl adjacent to an activating group) is 1. The Morgan fingerprint density at radius 1 is 1.31 bits per heavy atom. The molecule has 3 aromatic rings.